The van der Waals surface area contributed by atoms with Crippen LogP contribution >= 0.6 is 24.2 Å². The SMILES string of the molecule is COP(O)OP(=O)(O)OP(=O)(O)OC[C@H]1OC(c2c[nH]c(=O)[nH]c2=O)=C(O)C1O. The van der Waals surface area contributed by atoms with E-state index in [1.807, 2.05) is 4.98 Å². The van der Waals surface area contributed by atoms with E-state index in [1.54, 1.807) is 0 Å². The van der Waals surface area contributed by atoms with Gasteiger partial charge in [0.2, 0.25) is 0 Å². The zero-order valence-corrected chi connectivity index (χ0v) is 16.9. The Hall–Kier alpha value is -1.41. The van der Waals surface area contributed by atoms with Crippen molar-refractivity contribution in [1.82, 2.24) is 9.97 Å². The van der Waals surface area contributed by atoms with E-state index in [4.69, 9.17) is 9.63 Å². The van der Waals surface area contributed by atoms with E-state index in [0.717, 1.165) is 13.3 Å². The van der Waals surface area contributed by atoms with E-state index in [-0.39, 0.29) is 5.56 Å². The van der Waals surface area contributed by atoms with E-state index in [0.29, 0.717) is 0 Å². The number of H-pyrrole nitrogens is 2. The van der Waals surface area contributed by atoms with Crippen LogP contribution in [0.15, 0.2) is 21.5 Å². The summed E-state index contributed by atoms with van der Waals surface area (Å²) in [6, 6.07) is 0. The third kappa shape index (κ3) is 6.28. The van der Waals surface area contributed by atoms with Crippen LogP contribution in [0.2, 0.25) is 0 Å². The molecule has 0 aromatic carbocycles. The average molecular weight is 480 g/mol. The lowest BCUT2D eigenvalue weighted by Gasteiger charge is -2.19. The van der Waals surface area contributed by atoms with Crippen molar-refractivity contribution in [2.24, 2.45) is 0 Å². The maximum atomic E-state index is 11.8. The molecule has 2 heterocycles. The van der Waals surface area contributed by atoms with Gasteiger partial charge in [-0.25, -0.2) is 18.2 Å². The van der Waals surface area contributed by atoms with Gasteiger partial charge in [0.15, 0.2) is 23.7 Å². The molecule has 16 nitrogen and oxygen atoms in total. The van der Waals surface area contributed by atoms with Crippen LogP contribution in [0.25, 0.3) is 5.76 Å². The standard InChI is InChI=1S/C10H15N2O14P3/c1-22-27(17)25-29(20,21)26-28(18,19)23-3-5-6(13)7(14)8(24-5)4-2-11-10(16)12-9(4)15/h2,5-6,13-14,17H,3H2,1H3,(H,18,19)(H,20,21)(H2,11,12,15,16)/t5-,6?,27?/m1/s1. The Bertz CT molecular complexity index is 986. The normalized spacial score (nSPS) is 24.6. The Kier molecular flexibility index (Phi) is 7.54. The molecule has 0 fully saturated rings. The predicted octanol–water partition coefficient (Wildman–Crippen LogP) is -0.834. The second-order valence-corrected chi connectivity index (χ2v) is 9.40. The van der Waals surface area contributed by atoms with Crippen LogP contribution in [0.4, 0.5) is 0 Å². The number of nitrogens with one attached hydrogen (secondary N) is 2. The Labute approximate surface area is 161 Å². The molecule has 1 aromatic heterocycles. The molecule has 19 heteroatoms. The quantitative estimate of drug-likeness (QED) is 0.213. The highest BCUT2D eigenvalue weighted by atomic mass is 31.3. The number of aliphatic hydroxyl groups is 2. The van der Waals surface area contributed by atoms with E-state index in [1.165, 1.54) is 0 Å². The first kappa shape index (κ1) is 23.9. The van der Waals surface area contributed by atoms with E-state index >= 15 is 0 Å². The second-order valence-electron chi connectivity index (χ2n) is 5.12. The maximum absolute atomic E-state index is 11.8. The van der Waals surface area contributed by atoms with Crippen molar-refractivity contribution in [1.29, 1.82) is 0 Å². The largest absolute Gasteiger partial charge is 0.506 e. The molecule has 0 radical (unpaired) electrons. The van der Waals surface area contributed by atoms with Crippen LogP contribution in [0.1, 0.15) is 5.56 Å². The summed E-state index contributed by atoms with van der Waals surface area (Å²) in [6.45, 7) is -0.970. The molecule has 5 atom stereocenters. The molecule has 164 valence electrons. The second kappa shape index (κ2) is 9.16. The topological polar surface area (TPSA) is 247 Å². The molecule has 0 amide bonds. The molecule has 1 aliphatic rings. The van der Waals surface area contributed by atoms with Crippen molar-refractivity contribution < 1.29 is 56.4 Å². The Morgan fingerprint density at radius 3 is 2.52 bits per heavy atom. The van der Waals surface area contributed by atoms with Crippen molar-refractivity contribution in [2.75, 3.05) is 13.7 Å². The predicted molar refractivity (Wildman–Crippen MR) is 92.0 cm³/mol. The first-order chi connectivity index (χ1) is 13.3. The molecule has 0 spiro atoms. The zero-order valence-electron chi connectivity index (χ0n) is 14.2. The Balaban J connectivity index is 2.05. The van der Waals surface area contributed by atoms with Crippen LogP contribution in [0, 0.1) is 0 Å². The molecule has 1 aliphatic heterocycles. The third-order valence-corrected chi connectivity index (χ3v) is 6.96. The van der Waals surface area contributed by atoms with Gasteiger partial charge in [0.25, 0.3) is 5.56 Å². The van der Waals surface area contributed by atoms with Gasteiger partial charge in [-0.3, -0.25) is 14.3 Å². The number of ether oxygens (including phenoxy) is 1. The number of hydrogen-bond donors (Lipinski definition) is 7. The molecule has 0 aliphatic carbocycles. The number of phosphoric ester groups is 1. The van der Waals surface area contributed by atoms with Gasteiger partial charge < -0.3 is 39.1 Å². The summed E-state index contributed by atoms with van der Waals surface area (Å²) in [5.74, 6) is -1.38. The Morgan fingerprint density at radius 2 is 1.93 bits per heavy atom. The molecule has 0 saturated heterocycles. The zero-order chi connectivity index (χ0) is 22.0. The summed E-state index contributed by atoms with van der Waals surface area (Å²) in [6.07, 6.45) is -2.48. The first-order valence-corrected chi connectivity index (χ1v) is 11.3. The fourth-order valence-electron chi connectivity index (χ4n) is 1.95. The molecule has 7 N–H and O–H groups in total. The van der Waals surface area contributed by atoms with Crippen molar-refractivity contribution in [3.8, 4) is 0 Å². The van der Waals surface area contributed by atoms with Gasteiger partial charge in [-0.15, -0.1) is 0 Å². The van der Waals surface area contributed by atoms with Crippen LogP contribution in [0.5, 0.6) is 0 Å². The summed E-state index contributed by atoms with van der Waals surface area (Å²) in [5.41, 5.74) is -2.17. The first-order valence-electron chi connectivity index (χ1n) is 7.20. The number of aliphatic hydroxyl groups excluding tert-OH is 2. The molecular formula is C10H15N2O14P3. The molecule has 1 aromatic rings. The summed E-state index contributed by atoms with van der Waals surface area (Å²) in [4.78, 5) is 54.5. The molecule has 2 rings (SSSR count). The van der Waals surface area contributed by atoms with Gasteiger partial charge in [-0.1, -0.05) is 0 Å². The number of phosphoric acid groups is 2. The highest BCUT2D eigenvalue weighted by Gasteiger charge is 2.42. The Morgan fingerprint density at radius 1 is 1.28 bits per heavy atom. The molecule has 0 bridgehead atoms. The van der Waals surface area contributed by atoms with Crippen LogP contribution in [-0.2, 0) is 31.5 Å². The summed E-state index contributed by atoms with van der Waals surface area (Å²) in [7, 11) is -12.5. The molecule has 4 unspecified atom stereocenters. The molecule has 29 heavy (non-hydrogen) atoms. The van der Waals surface area contributed by atoms with Crippen molar-refractivity contribution in [2.45, 2.75) is 12.2 Å². The van der Waals surface area contributed by atoms with Gasteiger partial charge >= 0.3 is 29.9 Å². The van der Waals surface area contributed by atoms with Crippen LogP contribution in [-0.4, -0.2) is 60.8 Å². The molecular weight excluding hydrogens is 465 g/mol. The van der Waals surface area contributed by atoms with E-state index in [9.17, 15) is 38.7 Å². The lowest BCUT2D eigenvalue weighted by molar-refractivity contribution is 0.0153. The van der Waals surface area contributed by atoms with Gasteiger partial charge in [0, 0.05) is 13.3 Å². The number of aromatic amines is 2. The smallest absolute Gasteiger partial charge is 0.487 e. The van der Waals surface area contributed by atoms with Crippen LogP contribution in [0.3, 0.4) is 0 Å². The number of aromatic nitrogens is 2. The van der Waals surface area contributed by atoms with E-state index in [2.05, 4.69) is 22.7 Å². The molecule has 0 saturated carbocycles. The third-order valence-electron chi connectivity index (χ3n) is 3.14. The minimum atomic E-state index is -5.29. The minimum absolute atomic E-state index is 0.365. The van der Waals surface area contributed by atoms with Crippen molar-refractivity contribution in [3.63, 3.8) is 0 Å². The van der Waals surface area contributed by atoms with Gasteiger partial charge in [-0.05, 0) is 0 Å². The highest BCUT2D eigenvalue weighted by Crippen LogP contribution is 2.65. The number of hydrogen-bond acceptors (Lipinski definition) is 12. The van der Waals surface area contributed by atoms with Crippen molar-refractivity contribution in [3.05, 3.63) is 38.4 Å². The summed E-state index contributed by atoms with van der Waals surface area (Å²) in [5, 5.41) is 19.8. The monoisotopic (exact) mass is 480 g/mol. The maximum Gasteiger partial charge on any atom is 0.487 e. The fourth-order valence-corrected chi connectivity index (χ4v) is 4.88. The van der Waals surface area contributed by atoms with Gasteiger partial charge in [0.1, 0.15) is 5.56 Å². The average Bonchev–Trinajstić information content (AvgIpc) is 2.87. The summed E-state index contributed by atoms with van der Waals surface area (Å²) >= 11 is 0. The lowest BCUT2D eigenvalue weighted by atomic mass is 10.2. The minimum Gasteiger partial charge on any atom is -0.506 e. The van der Waals surface area contributed by atoms with Gasteiger partial charge in [0.05, 0.1) is 6.61 Å². The highest BCUT2D eigenvalue weighted by molar-refractivity contribution is 7.65. The van der Waals surface area contributed by atoms with Gasteiger partial charge in [-0.2, -0.15) is 4.31 Å². The van der Waals surface area contributed by atoms with E-state index < -0.39 is 65.8 Å². The van der Waals surface area contributed by atoms with Crippen molar-refractivity contribution >= 4 is 30.0 Å². The fraction of sp³-hybridized carbons (Fsp3) is 0.400. The lowest BCUT2D eigenvalue weighted by Crippen LogP contribution is -2.29. The summed E-state index contributed by atoms with van der Waals surface area (Å²) < 4.78 is 44.9. The van der Waals surface area contributed by atoms with Crippen LogP contribution < -0.4 is 11.2 Å². The number of rotatable bonds is 9.